The second kappa shape index (κ2) is 5.45. The lowest BCUT2D eigenvalue weighted by molar-refractivity contribution is 0.276. The van der Waals surface area contributed by atoms with E-state index in [-0.39, 0.29) is 6.61 Å². The molecule has 17 heavy (non-hydrogen) atoms. The molecule has 0 aromatic carbocycles. The fourth-order valence-electron chi connectivity index (χ4n) is 2.46. The molecule has 1 heterocycles. The Morgan fingerprint density at radius 3 is 2.65 bits per heavy atom. The number of rotatable bonds is 3. The van der Waals surface area contributed by atoms with Crippen molar-refractivity contribution in [2.75, 3.05) is 11.9 Å². The first-order valence-corrected chi connectivity index (χ1v) is 6.35. The maximum Gasteiger partial charge on any atom is 0.147 e. The standard InChI is InChI=1S/C13H21N3O/c1-10-3-5-12(6-4-10)16(2)13-8-14-7-11(9-17)15-13/h7-8,10,12,17H,3-6,9H2,1-2H3. The second-order valence-electron chi connectivity index (χ2n) is 5.05. The van der Waals surface area contributed by atoms with Crippen molar-refractivity contribution in [1.82, 2.24) is 9.97 Å². The average Bonchev–Trinajstić information content (AvgIpc) is 2.39. The first-order chi connectivity index (χ1) is 8.20. The van der Waals surface area contributed by atoms with Crippen LogP contribution in [0.25, 0.3) is 0 Å². The van der Waals surface area contributed by atoms with E-state index < -0.39 is 0 Å². The topological polar surface area (TPSA) is 49.2 Å². The number of aliphatic hydroxyl groups is 1. The Morgan fingerprint density at radius 2 is 2.00 bits per heavy atom. The summed E-state index contributed by atoms with van der Waals surface area (Å²) in [6.45, 7) is 2.28. The molecule has 4 nitrogen and oxygen atoms in total. The zero-order chi connectivity index (χ0) is 12.3. The molecule has 1 saturated carbocycles. The van der Waals surface area contributed by atoms with E-state index in [4.69, 9.17) is 5.11 Å². The van der Waals surface area contributed by atoms with E-state index in [9.17, 15) is 0 Å². The second-order valence-corrected chi connectivity index (χ2v) is 5.05. The van der Waals surface area contributed by atoms with Crippen LogP contribution >= 0.6 is 0 Å². The van der Waals surface area contributed by atoms with E-state index >= 15 is 0 Å². The van der Waals surface area contributed by atoms with Crippen LogP contribution in [0.1, 0.15) is 38.3 Å². The fraction of sp³-hybridized carbons (Fsp3) is 0.692. The molecular weight excluding hydrogens is 214 g/mol. The molecule has 0 radical (unpaired) electrons. The highest BCUT2D eigenvalue weighted by Gasteiger charge is 2.22. The summed E-state index contributed by atoms with van der Waals surface area (Å²) in [5, 5.41) is 9.07. The third kappa shape index (κ3) is 2.94. The fourth-order valence-corrected chi connectivity index (χ4v) is 2.46. The summed E-state index contributed by atoms with van der Waals surface area (Å²) in [4.78, 5) is 10.7. The lowest BCUT2D eigenvalue weighted by Gasteiger charge is -2.34. The number of anilines is 1. The first kappa shape index (κ1) is 12.3. The van der Waals surface area contributed by atoms with Gasteiger partial charge in [-0.15, -0.1) is 0 Å². The molecule has 0 amide bonds. The third-order valence-electron chi connectivity index (χ3n) is 3.73. The van der Waals surface area contributed by atoms with Gasteiger partial charge < -0.3 is 10.0 Å². The Kier molecular flexibility index (Phi) is 3.94. The summed E-state index contributed by atoms with van der Waals surface area (Å²) in [5.41, 5.74) is 0.638. The van der Waals surface area contributed by atoms with Crippen LogP contribution in [0.15, 0.2) is 12.4 Å². The minimum Gasteiger partial charge on any atom is -0.390 e. The zero-order valence-electron chi connectivity index (χ0n) is 10.6. The van der Waals surface area contributed by atoms with Crippen LogP contribution in [0.5, 0.6) is 0 Å². The van der Waals surface area contributed by atoms with Crippen molar-refractivity contribution in [3.63, 3.8) is 0 Å². The lowest BCUT2D eigenvalue weighted by atomic mass is 9.87. The predicted octanol–water partition coefficient (Wildman–Crippen LogP) is 1.98. The first-order valence-electron chi connectivity index (χ1n) is 6.35. The van der Waals surface area contributed by atoms with Gasteiger partial charge >= 0.3 is 0 Å². The van der Waals surface area contributed by atoms with Gasteiger partial charge in [0.05, 0.1) is 24.7 Å². The summed E-state index contributed by atoms with van der Waals surface area (Å²) >= 11 is 0. The molecule has 1 aromatic rings. The quantitative estimate of drug-likeness (QED) is 0.870. The van der Waals surface area contributed by atoms with Gasteiger partial charge in [0, 0.05) is 13.1 Å². The Labute approximate surface area is 103 Å². The molecule has 94 valence electrons. The molecule has 0 spiro atoms. The van der Waals surface area contributed by atoms with Crippen molar-refractivity contribution >= 4 is 5.82 Å². The van der Waals surface area contributed by atoms with Gasteiger partial charge in [0.1, 0.15) is 5.82 Å². The molecule has 1 aliphatic carbocycles. The molecule has 0 aliphatic heterocycles. The maximum atomic E-state index is 9.07. The Hall–Kier alpha value is -1.16. The van der Waals surface area contributed by atoms with Crippen molar-refractivity contribution in [3.05, 3.63) is 18.1 Å². The van der Waals surface area contributed by atoms with E-state index in [1.54, 1.807) is 12.4 Å². The van der Waals surface area contributed by atoms with Crippen molar-refractivity contribution in [1.29, 1.82) is 0 Å². The number of aliphatic hydroxyl groups excluding tert-OH is 1. The highest BCUT2D eigenvalue weighted by Crippen LogP contribution is 2.28. The molecule has 0 unspecified atom stereocenters. The van der Waals surface area contributed by atoms with Crippen molar-refractivity contribution in [2.24, 2.45) is 5.92 Å². The van der Waals surface area contributed by atoms with Crippen LogP contribution < -0.4 is 4.90 Å². The van der Waals surface area contributed by atoms with Crippen LogP contribution in [0.2, 0.25) is 0 Å². The Morgan fingerprint density at radius 1 is 1.29 bits per heavy atom. The monoisotopic (exact) mass is 235 g/mol. The van der Waals surface area contributed by atoms with Crippen LogP contribution in [-0.4, -0.2) is 28.2 Å². The lowest BCUT2D eigenvalue weighted by Crippen LogP contribution is -2.35. The molecular formula is C13H21N3O. The van der Waals surface area contributed by atoms with Crippen LogP contribution in [0, 0.1) is 5.92 Å². The third-order valence-corrected chi connectivity index (χ3v) is 3.73. The van der Waals surface area contributed by atoms with E-state index in [1.165, 1.54) is 25.7 Å². The van der Waals surface area contributed by atoms with Crippen LogP contribution in [0.3, 0.4) is 0 Å². The highest BCUT2D eigenvalue weighted by molar-refractivity contribution is 5.36. The van der Waals surface area contributed by atoms with E-state index in [0.717, 1.165) is 11.7 Å². The summed E-state index contributed by atoms with van der Waals surface area (Å²) in [6.07, 6.45) is 8.42. The van der Waals surface area contributed by atoms with E-state index in [1.807, 2.05) is 0 Å². The smallest absolute Gasteiger partial charge is 0.147 e. The normalized spacial score (nSPS) is 24.6. The maximum absolute atomic E-state index is 9.07. The Balaban J connectivity index is 2.05. The van der Waals surface area contributed by atoms with Crippen LogP contribution in [-0.2, 0) is 6.61 Å². The van der Waals surface area contributed by atoms with Crippen molar-refractivity contribution < 1.29 is 5.11 Å². The minimum absolute atomic E-state index is 0.0453. The molecule has 1 N–H and O–H groups in total. The number of nitrogens with zero attached hydrogens (tertiary/aromatic N) is 3. The summed E-state index contributed by atoms with van der Waals surface area (Å²) in [6, 6.07) is 0.564. The predicted molar refractivity (Wildman–Crippen MR) is 67.8 cm³/mol. The van der Waals surface area contributed by atoms with Gasteiger partial charge in [-0.2, -0.15) is 0 Å². The van der Waals surface area contributed by atoms with Gasteiger partial charge in [0.2, 0.25) is 0 Å². The summed E-state index contributed by atoms with van der Waals surface area (Å²) < 4.78 is 0. The van der Waals surface area contributed by atoms with Gasteiger partial charge in [-0.05, 0) is 31.6 Å². The van der Waals surface area contributed by atoms with Gasteiger partial charge in [0.15, 0.2) is 0 Å². The molecule has 2 rings (SSSR count). The molecule has 4 heteroatoms. The minimum atomic E-state index is -0.0453. The Bertz CT molecular complexity index is 361. The van der Waals surface area contributed by atoms with Gasteiger partial charge in [0.25, 0.3) is 0 Å². The molecule has 0 bridgehead atoms. The summed E-state index contributed by atoms with van der Waals surface area (Å²) in [7, 11) is 2.08. The van der Waals surface area contributed by atoms with Gasteiger partial charge in [-0.3, -0.25) is 4.98 Å². The number of aromatic nitrogens is 2. The SMILES string of the molecule is CC1CCC(N(C)c2cncc(CO)n2)CC1. The molecule has 0 saturated heterocycles. The van der Waals surface area contributed by atoms with E-state index in [0.29, 0.717) is 11.7 Å². The van der Waals surface area contributed by atoms with Crippen LogP contribution in [0.4, 0.5) is 5.82 Å². The molecule has 0 atom stereocenters. The van der Waals surface area contributed by atoms with E-state index in [2.05, 4.69) is 28.8 Å². The van der Waals surface area contributed by atoms with Crippen molar-refractivity contribution in [3.8, 4) is 0 Å². The number of hydrogen-bond donors (Lipinski definition) is 1. The average molecular weight is 235 g/mol. The molecule has 1 fully saturated rings. The number of hydrogen-bond acceptors (Lipinski definition) is 4. The molecule has 1 aliphatic rings. The molecule has 1 aromatic heterocycles. The zero-order valence-corrected chi connectivity index (χ0v) is 10.6. The van der Waals surface area contributed by atoms with Gasteiger partial charge in [-0.25, -0.2) is 4.98 Å². The summed E-state index contributed by atoms with van der Waals surface area (Å²) in [5.74, 6) is 1.73. The highest BCUT2D eigenvalue weighted by atomic mass is 16.3. The van der Waals surface area contributed by atoms with Crippen molar-refractivity contribution in [2.45, 2.75) is 45.3 Å². The van der Waals surface area contributed by atoms with Gasteiger partial charge in [-0.1, -0.05) is 6.92 Å². The largest absolute Gasteiger partial charge is 0.390 e.